The molecule has 22 heavy (non-hydrogen) atoms. The Morgan fingerprint density at radius 1 is 1.05 bits per heavy atom. The van der Waals surface area contributed by atoms with Gasteiger partial charge >= 0.3 is 5.97 Å². The van der Waals surface area contributed by atoms with Crippen molar-refractivity contribution in [3.63, 3.8) is 0 Å². The summed E-state index contributed by atoms with van der Waals surface area (Å²) in [5.41, 5.74) is 2.38. The first-order valence-corrected chi connectivity index (χ1v) is 7.82. The number of carboxylic acid groups (broad SMARTS) is 1. The molecule has 3 nitrogen and oxygen atoms in total. The highest BCUT2D eigenvalue weighted by atomic mass is 32.1. The monoisotopic (exact) mass is 307 g/mol. The minimum Gasteiger partial charge on any atom is -0.477 e. The van der Waals surface area contributed by atoms with Gasteiger partial charge in [-0.15, -0.1) is 11.3 Å². The average molecular weight is 307 g/mol. The first-order valence-electron chi connectivity index (χ1n) is 7.01. The molecule has 4 rings (SSSR count). The van der Waals surface area contributed by atoms with Gasteiger partial charge in [-0.1, -0.05) is 30.3 Å². The van der Waals surface area contributed by atoms with Crippen LogP contribution in [-0.4, -0.2) is 15.6 Å². The molecule has 0 radical (unpaired) electrons. The molecule has 0 unspecified atom stereocenters. The maximum atomic E-state index is 11.2. The normalized spacial score (nSPS) is 11.3. The highest BCUT2D eigenvalue weighted by molar-refractivity contribution is 7.20. The lowest BCUT2D eigenvalue weighted by molar-refractivity contribution is 0.0702. The van der Waals surface area contributed by atoms with Gasteiger partial charge in [-0.2, -0.15) is 0 Å². The van der Waals surface area contributed by atoms with E-state index in [1.807, 2.05) is 24.3 Å². The van der Waals surface area contributed by atoms with Crippen LogP contribution in [0, 0.1) is 0 Å². The molecule has 0 aliphatic carbocycles. The molecular weight excluding hydrogens is 294 g/mol. The predicted molar refractivity (Wildman–Crippen MR) is 89.8 cm³/mol. The summed E-state index contributed by atoms with van der Waals surface area (Å²) in [6.45, 7) is 0.811. The maximum absolute atomic E-state index is 11.2. The smallest absolute Gasteiger partial charge is 0.345 e. The van der Waals surface area contributed by atoms with Crippen molar-refractivity contribution in [1.82, 2.24) is 4.57 Å². The zero-order chi connectivity index (χ0) is 15.1. The minimum atomic E-state index is -0.863. The van der Waals surface area contributed by atoms with Gasteiger partial charge in [0.2, 0.25) is 0 Å². The van der Waals surface area contributed by atoms with Crippen LogP contribution in [0.1, 0.15) is 15.2 Å². The van der Waals surface area contributed by atoms with E-state index in [9.17, 15) is 4.79 Å². The average Bonchev–Trinajstić information content (AvgIpc) is 3.12. The van der Waals surface area contributed by atoms with Gasteiger partial charge in [0.1, 0.15) is 4.88 Å². The molecule has 0 saturated carbocycles. The van der Waals surface area contributed by atoms with E-state index in [-0.39, 0.29) is 0 Å². The molecule has 0 fully saturated rings. The van der Waals surface area contributed by atoms with E-state index in [2.05, 4.69) is 35.0 Å². The number of aromatic carboxylic acids is 1. The van der Waals surface area contributed by atoms with E-state index < -0.39 is 5.97 Å². The molecule has 2 aromatic heterocycles. The number of benzene rings is 2. The summed E-state index contributed by atoms with van der Waals surface area (Å²) in [5, 5.41) is 11.3. The molecule has 4 heteroatoms. The third-order valence-electron chi connectivity index (χ3n) is 3.86. The Labute approximate surface area is 131 Å². The Morgan fingerprint density at radius 2 is 1.86 bits per heavy atom. The molecule has 1 N–H and O–H groups in total. The second-order valence-electron chi connectivity index (χ2n) is 5.26. The Balaban J connectivity index is 1.85. The maximum Gasteiger partial charge on any atom is 0.345 e. The van der Waals surface area contributed by atoms with Crippen LogP contribution in [0.2, 0.25) is 0 Å². The van der Waals surface area contributed by atoms with Crippen LogP contribution < -0.4 is 0 Å². The molecule has 0 saturated heterocycles. The highest BCUT2D eigenvalue weighted by Crippen LogP contribution is 2.33. The van der Waals surface area contributed by atoms with Crippen molar-refractivity contribution >= 4 is 38.3 Å². The Kier molecular flexibility index (Phi) is 2.98. The molecule has 0 spiro atoms. The van der Waals surface area contributed by atoms with Gasteiger partial charge in [-0.05, 0) is 29.8 Å². The molecule has 2 aromatic carbocycles. The molecule has 108 valence electrons. The van der Waals surface area contributed by atoms with E-state index in [0.717, 1.165) is 27.5 Å². The van der Waals surface area contributed by atoms with Crippen molar-refractivity contribution in [3.05, 3.63) is 71.2 Å². The van der Waals surface area contributed by atoms with Crippen LogP contribution in [0.3, 0.4) is 0 Å². The third-order valence-corrected chi connectivity index (χ3v) is 4.94. The third kappa shape index (κ3) is 2.09. The number of hydrogen-bond donors (Lipinski definition) is 1. The summed E-state index contributed by atoms with van der Waals surface area (Å²) >= 11 is 1.32. The Morgan fingerprint density at radius 3 is 2.64 bits per heavy atom. The largest absolute Gasteiger partial charge is 0.477 e. The number of fused-ring (bicyclic) bond motifs is 3. The number of aromatic nitrogens is 1. The van der Waals surface area contributed by atoms with Gasteiger partial charge in [-0.25, -0.2) is 4.79 Å². The first kappa shape index (κ1) is 13.1. The highest BCUT2D eigenvalue weighted by Gasteiger charge is 2.12. The summed E-state index contributed by atoms with van der Waals surface area (Å²) in [4.78, 5) is 11.5. The summed E-state index contributed by atoms with van der Waals surface area (Å²) < 4.78 is 3.21. The number of carboxylic acids is 1. The standard InChI is InChI=1S/C18H13NO2S/c20-18(21)17-10-14-13-8-9-19(11-12-4-2-1-3-5-12)15(13)6-7-16(14)22-17/h1-10H,11H2,(H,20,21). The van der Waals surface area contributed by atoms with E-state index in [4.69, 9.17) is 5.11 Å². The van der Waals surface area contributed by atoms with E-state index >= 15 is 0 Å². The van der Waals surface area contributed by atoms with Gasteiger partial charge in [0, 0.05) is 33.7 Å². The van der Waals surface area contributed by atoms with E-state index in [1.165, 1.54) is 16.9 Å². The fourth-order valence-corrected chi connectivity index (χ4v) is 3.73. The van der Waals surface area contributed by atoms with Crippen LogP contribution in [0.15, 0.2) is 60.8 Å². The fourth-order valence-electron chi connectivity index (χ4n) is 2.82. The Bertz CT molecular complexity index is 982. The fraction of sp³-hybridized carbons (Fsp3) is 0.0556. The number of nitrogens with zero attached hydrogens (tertiary/aromatic N) is 1. The molecule has 0 bridgehead atoms. The summed E-state index contributed by atoms with van der Waals surface area (Å²) in [7, 11) is 0. The summed E-state index contributed by atoms with van der Waals surface area (Å²) in [5.74, 6) is -0.863. The van der Waals surface area contributed by atoms with Crippen LogP contribution >= 0.6 is 11.3 Å². The topological polar surface area (TPSA) is 42.2 Å². The lowest BCUT2D eigenvalue weighted by atomic mass is 10.1. The van der Waals surface area contributed by atoms with Gasteiger partial charge < -0.3 is 9.67 Å². The van der Waals surface area contributed by atoms with Gasteiger partial charge in [0.15, 0.2) is 0 Å². The van der Waals surface area contributed by atoms with Gasteiger partial charge in [0.25, 0.3) is 0 Å². The quantitative estimate of drug-likeness (QED) is 0.601. The van der Waals surface area contributed by atoms with Crippen LogP contribution in [0.5, 0.6) is 0 Å². The van der Waals surface area contributed by atoms with Crippen molar-refractivity contribution < 1.29 is 9.90 Å². The Hall–Kier alpha value is -2.59. The van der Waals surface area contributed by atoms with E-state index in [1.54, 1.807) is 6.07 Å². The number of hydrogen-bond acceptors (Lipinski definition) is 2. The van der Waals surface area contributed by atoms with Crippen molar-refractivity contribution in [2.45, 2.75) is 6.54 Å². The summed E-state index contributed by atoms with van der Waals surface area (Å²) in [6, 6.07) is 18.2. The lowest BCUT2D eigenvalue weighted by Gasteiger charge is -2.05. The number of thiophene rings is 1. The molecule has 0 atom stereocenters. The number of rotatable bonds is 3. The predicted octanol–water partition coefficient (Wildman–Crippen LogP) is 4.60. The second kappa shape index (κ2) is 5.00. The first-order chi connectivity index (χ1) is 10.7. The van der Waals surface area contributed by atoms with Crippen LogP contribution in [0.25, 0.3) is 21.0 Å². The van der Waals surface area contributed by atoms with Crippen LogP contribution in [0.4, 0.5) is 0 Å². The van der Waals surface area contributed by atoms with Crippen molar-refractivity contribution in [2.75, 3.05) is 0 Å². The van der Waals surface area contributed by atoms with Gasteiger partial charge in [0.05, 0.1) is 0 Å². The molecule has 2 heterocycles. The zero-order valence-corrected chi connectivity index (χ0v) is 12.5. The molecule has 0 amide bonds. The zero-order valence-electron chi connectivity index (χ0n) is 11.7. The molecule has 0 aliphatic rings. The minimum absolute atomic E-state index is 0.387. The van der Waals surface area contributed by atoms with Gasteiger partial charge in [-0.3, -0.25) is 0 Å². The van der Waals surface area contributed by atoms with Crippen molar-refractivity contribution in [3.8, 4) is 0 Å². The molecule has 0 aliphatic heterocycles. The molecule has 4 aromatic rings. The second-order valence-corrected chi connectivity index (χ2v) is 6.34. The summed E-state index contributed by atoms with van der Waals surface area (Å²) in [6.07, 6.45) is 2.06. The van der Waals surface area contributed by atoms with E-state index in [0.29, 0.717) is 4.88 Å². The molecular formula is C18H13NO2S. The lowest BCUT2D eigenvalue weighted by Crippen LogP contribution is -1.97. The number of carbonyl (C=O) groups is 1. The SMILES string of the molecule is O=C(O)c1cc2c(ccc3c2ccn3Cc2ccccc2)s1. The van der Waals surface area contributed by atoms with Crippen molar-refractivity contribution in [1.29, 1.82) is 0 Å². The van der Waals surface area contributed by atoms with Crippen LogP contribution in [-0.2, 0) is 6.54 Å². The van der Waals surface area contributed by atoms with Crippen molar-refractivity contribution in [2.24, 2.45) is 0 Å².